The minimum atomic E-state index is -3.34. The van der Waals surface area contributed by atoms with Crippen molar-refractivity contribution in [1.29, 1.82) is 0 Å². The zero-order valence-corrected chi connectivity index (χ0v) is 12.2. The second-order valence-corrected chi connectivity index (χ2v) is 7.67. The first-order valence-corrected chi connectivity index (χ1v) is 8.58. The summed E-state index contributed by atoms with van der Waals surface area (Å²) >= 11 is 1.76. The van der Waals surface area contributed by atoms with Crippen LogP contribution < -0.4 is 10.5 Å². The van der Waals surface area contributed by atoms with E-state index >= 15 is 0 Å². The van der Waals surface area contributed by atoms with E-state index in [4.69, 9.17) is 5.73 Å². The Kier molecular flexibility index (Phi) is 5.72. The van der Waals surface area contributed by atoms with Gasteiger partial charge < -0.3 is 5.73 Å². The maximum Gasteiger partial charge on any atom is 0.279 e. The lowest BCUT2D eigenvalue weighted by molar-refractivity contribution is 0.356. The number of hydrogen-bond acceptors (Lipinski definition) is 4. The third-order valence-electron chi connectivity index (χ3n) is 3.36. The molecular formula is C10H23N3O2S2. The number of rotatable bonds is 8. The summed E-state index contributed by atoms with van der Waals surface area (Å²) in [5.41, 5.74) is 5.37. The van der Waals surface area contributed by atoms with Crippen LogP contribution in [0.15, 0.2) is 0 Å². The highest BCUT2D eigenvalue weighted by atomic mass is 32.2. The highest BCUT2D eigenvalue weighted by Gasteiger charge is 2.37. The first-order chi connectivity index (χ1) is 7.96. The second kappa shape index (κ2) is 6.38. The van der Waals surface area contributed by atoms with Crippen LogP contribution in [-0.4, -0.2) is 50.4 Å². The SMILES string of the molecule is CSC1(CNS(=O)(=O)N(C)CCCN)CCC1. The van der Waals surface area contributed by atoms with E-state index in [9.17, 15) is 8.42 Å². The lowest BCUT2D eigenvalue weighted by atomic mass is 9.84. The molecule has 0 saturated heterocycles. The van der Waals surface area contributed by atoms with Crippen LogP contribution in [0.5, 0.6) is 0 Å². The molecule has 1 rings (SSSR count). The van der Waals surface area contributed by atoms with Crippen molar-refractivity contribution in [3.8, 4) is 0 Å². The van der Waals surface area contributed by atoms with E-state index in [0.717, 1.165) is 12.8 Å². The van der Waals surface area contributed by atoms with Crippen molar-refractivity contribution in [2.45, 2.75) is 30.4 Å². The summed E-state index contributed by atoms with van der Waals surface area (Å²) in [5.74, 6) is 0. The fraction of sp³-hybridized carbons (Fsp3) is 1.00. The van der Waals surface area contributed by atoms with Gasteiger partial charge in [-0.3, -0.25) is 0 Å². The van der Waals surface area contributed by atoms with E-state index in [2.05, 4.69) is 4.72 Å². The topological polar surface area (TPSA) is 75.4 Å². The summed E-state index contributed by atoms with van der Waals surface area (Å²) in [6.07, 6.45) is 6.13. The summed E-state index contributed by atoms with van der Waals surface area (Å²) in [5, 5.41) is 0. The van der Waals surface area contributed by atoms with Crippen molar-refractivity contribution >= 4 is 22.0 Å². The maximum atomic E-state index is 11.9. The zero-order chi connectivity index (χ0) is 12.9. The number of thioether (sulfide) groups is 1. The molecule has 1 saturated carbocycles. The predicted molar refractivity (Wildman–Crippen MR) is 73.3 cm³/mol. The molecule has 1 fully saturated rings. The summed E-state index contributed by atoms with van der Waals surface area (Å²) in [6.45, 7) is 1.51. The Morgan fingerprint density at radius 1 is 1.47 bits per heavy atom. The zero-order valence-electron chi connectivity index (χ0n) is 10.6. The number of nitrogens with zero attached hydrogens (tertiary/aromatic N) is 1. The lowest BCUT2D eigenvalue weighted by Gasteiger charge is -2.40. The molecule has 0 aromatic rings. The average Bonchev–Trinajstić information content (AvgIpc) is 2.24. The first kappa shape index (κ1) is 15.2. The van der Waals surface area contributed by atoms with Crippen LogP contribution in [0.2, 0.25) is 0 Å². The van der Waals surface area contributed by atoms with Crippen LogP contribution in [0.4, 0.5) is 0 Å². The monoisotopic (exact) mass is 281 g/mol. The molecule has 1 aliphatic rings. The van der Waals surface area contributed by atoms with Crippen LogP contribution in [-0.2, 0) is 10.2 Å². The van der Waals surface area contributed by atoms with E-state index in [1.54, 1.807) is 18.8 Å². The summed E-state index contributed by atoms with van der Waals surface area (Å²) in [4.78, 5) is 0. The predicted octanol–water partition coefficient (Wildman–Crippen LogP) is 0.387. The van der Waals surface area contributed by atoms with Crippen LogP contribution in [0.25, 0.3) is 0 Å². The molecule has 0 spiro atoms. The van der Waals surface area contributed by atoms with Gasteiger partial charge in [0, 0.05) is 24.9 Å². The van der Waals surface area contributed by atoms with Gasteiger partial charge in [-0.25, -0.2) is 4.72 Å². The molecule has 0 aliphatic heterocycles. The molecule has 17 heavy (non-hydrogen) atoms. The molecule has 0 aromatic carbocycles. The van der Waals surface area contributed by atoms with Gasteiger partial charge in [0.2, 0.25) is 0 Å². The van der Waals surface area contributed by atoms with Crippen LogP contribution in [0.1, 0.15) is 25.7 Å². The molecule has 0 unspecified atom stereocenters. The second-order valence-electron chi connectivity index (χ2n) is 4.53. The number of nitrogens with one attached hydrogen (secondary N) is 1. The van der Waals surface area contributed by atoms with Crippen molar-refractivity contribution in [2.24, 2.45) is 5.73 Å². The highest BCUT2D eigenvalue weighted by Crippen LogP contribution is 2.42. The van der Waals surface area contributed by atoms with Crippen molar-refractivity contribution in [1.82, 2.24) is 9.03 Å². The largest absolute Gasteiger partial charge is 0.330 e. The Labute approximate surface area is 109 Å². The van der Waals surface area contributed by atoms with Crippen LogP contribution >= 0.6 is 11.8 Å². The van der Waals surface area contributed by atoms with Gasteiger partial charge in [0.05, 0.1) is 0 Å². The van der Waals surface area contributed by atoms with E-state index in [-0.39, 0.29) is 4.75 Å². The van der Waals surface area contributed by atoms with Gasteiger partial charge in [-0.1, -0.05) is 6.42 Å². The Hall–Kier alpha value is 0.180. The molecule has 0 aromatic heterocycles. The molecule has 0 atom stereocenters. The number of nitrogens with two attached hydrogens (primary N) is 1. The van der Waals surface area contributed by atoms with Crippen molar-refractivity contribution in [2.75, 3.05) is 32.9 Å². The average molecular weight is 281 g/mol. The molecule has 0 radical (unpaired) electrons. The summed E-state index contributed by atoms with van der Waals surface area (Å²) in [7, 11) is -1.75. The lowest BCUT2D eigenvalue weighted by Crippen LogP contribution is -2.48. The van der Waals surface area contributed by atoms with Gasteiger partial charge in [-0.15, -0.1) is 0 Å². The van der Waals surface area contributed by atoms with Gasteiger partial charge in [0.1, 0.15) is 0 Å². The Bertz CT molecular complexity index is 323. The van der Waals surface area contributed by atoms with Gasteiger partial charge in [0.25, 0.3) is 10.2 Å². The minimum Gasteiger partial charge on any atom is -0.330 e. The normalized spacial score (nSPS) is 19.3. The van der Waals surface area contributed by atoms with Crippen LogP contribution in [0, 0.1) is 0 Å². The molecule has 5 nitrogen and oxygen atoms in total. The van der Waals surface area contributed by atoms with Gasteiger partial charge >= 0.3 is 0 Å². The van der Waals surface area contributed by atoms with Gasteiger partial charge in [-0.2, -0.15) is 24.5 Å². The third kappa shape index (κ3) is 4.10. The highest BCUT2D eigenvalue weighted by molar-refractivity contribution is 8.00. The Morgan fingerprint density at radius 3 is 2.53 bits per heavy atom. The van der Waals surface area contributed by atoms with Crippen LogP contribution in [0.3, 0.4) is 0 Å². The van der Waals surface area contributed by atoms with E-state index < -0.39 is 10.2 Å². The Balaban J connectivity index is 2.43. The smallest absolute Gasteiger partial charge is 0.279 e. The van der Waals surface area contributed by atoms with Gasteiger partial charge in [-0.05, 0) is 32.1 Å². The van der Waals surface area contributed by atoms with Crippen molar-refractivity contribution in [3.63, 3.8) is 0 Å². The van der Waals surface area contributed by atoms with Crippen molar-refractivity contribution < 1.29 is 8.42 Å². The first-order valence-electron chi connectivity index (χ1n) is 5.92. The fourth-order valence-electron chi connectivity index (χ4n) is 1.79. The third-order valence-corrected chi connectivity index (χ3v) is 6.29. The molecular weight excluding hydrogens is 258 g/mol. The van der Waals surface area contributed by atoms with Gasteiger partial charge in [0.15, 0.2) is 0 Å². The fourth-order valence-corrected chi connectivity index (χ4v) is 3.84. The minimum absolute atomic E-state index is 0.127. The molecule has 102 valence electrons. The number of hydrogen-bond donors (Lipinski definition) is 2. The summed E-state index contributed by atoms with van der Waals surface area (Å²) in [6, 6.07) is 0. The summed E-state index contributed by atoms with van der Waals surface area (Å²) < 4.78 is 28.0. The molecule has 3 N–H and O–H groups in total. The Morgan fingerprint density at radius 2 is 2.12 bits per heavy atom. The maximum absolute atomic E-state index is 11.9. The standard InChI is InChI=1S/C10H23N3O2S2/c1-13(8-4-7-11)17(14,15)12-9-10(16-2)5-3-6-10/h12H,3-9,11H2,1-2H3. The molecule has 1 aliphatic carbocycles. The molecule has 0 amide bonds. The molecule has 0 bridgehead atoms. The van der Waals surface area contributed by atoms with Crippen molar-refractivity contribution in [3.05, 3.63) is 0 Å². The quantitative estimate of drug-likeness (QED) is 0.675. The molecule has 7 heteroatoms. The van der Waals surface area contributed by atoms with E-state index in [1.165, 1.54) is 10.7 Å². The molecule has 0 heterocycles. The van der Waals surface area contributed by atoms with E-state index in [0.29, 0.717) is 26.1 Å². The van der Waals surface area contributed by atoms with E-state index in [1.807, 2.05) is 6.26 Å².